The topological polar surface area (TPSA) is 34.9 Å². The zero-order valence-electron chi connectivity index (χ0n) is 19.2. The molecule has 0 saturated heterocycles. The van der Waals surface area contributed by atoms with Crippen molar-refractivity contribution in [3.63, 3.8) is 0 Å². The number of carbonyl (C=O) groups excluding carboxylic acids is 1. The lowest BCUT2D eigenvalue weighted by molar-refractivity contribution is 0.103. The molecule has 164 valence electrons. The third-order valence-electron chi connectivity index (χ3n) is 6.51. The third-order valence-corrected chi connectivity index (χ3v) is 6.51. The van der Waals surface area contributed by atoms with Gasteiger partial charge in [-0.25, -0.2) is 4.98 Å². The van der Waals surface area contributed by atoms with Gasteiger partial charge in [0.25, 0.3) is 0 Å². The van der Waals surface area contributed by atoms with Crippen molar-refractivity contribution in [3.8, 4) is 0 Å². The summed E-state index contributed by atoms with van der Waals surface area (Å²) in [4.78, 5) is 18.6. The minimum atomic E-state index is -0.00119. The highest BCUT2D eigenvalue weighted by atomic mass is 16.1. The maximum absolute atomic E-state index is 13.7. The molecule has 3 heteroatoms. The maximum atomic E-state index is 13.7. The van der Waals surface area contributed by atoms with Crippen molar-refractivity contribution in [3.05, 3.63) is 113 Å². The molecule has 0 saturated carbocycles. The van der Waals surface area contributed by atoms with E-state index in [1.54, 1.807) is 0 Å². The Kier molecular flexibility index (Phi) is 5.78. The van der Waals surface area contributed by atoms with Gasteiger partial charge in [0, 0.05) is 24.2 Å². The van der Waals surface area contributed by atoms with E-state index in [4.69, 9.17) is 4.98 Å². The summed E-state index contributed by atoms with van der Waals surface area (Å²) in [5, 5.41) is 4.52. The molecule has 0 aliphatic carbocycles. The van der Waals surface area contributed by atoms with E-state index in [-0.39, 0.29) is 5.78 Å². The van der Waals surface area contributed by atoms with Crippen LogP contribution in [0.25, 0.3) is 21.5 Å². The Morgan fingerprint density at radius 1 is 0.818 bits per heavy atom. The number of fused-ring (bicyclic) bond motifs is 2. The monoisotopic (exact) mass is 432 g/mol. The molecule has 0 atom stereocenters. The van der Waals surface area contributed by atoms with Crippen LogP contribution >= 0.6 is 0 Å². The Morgan fingerprint density at radius 2 is 1.45 bits per heavy atom. The summed E-state index contributed by atoms with van der Waals surface area (Å²) < 4.78 is 2.25. The van der Waals surface area contributed by atoms with Gasteiger partial charge in [-0.2, -0.15) is 0 Å². The van der Waals surface area contributed by atoms with Gasteiger partial charge in [0.1, 0.15) is 11.5 Å². The van der Waals surface area contributed by atoms with Crippen molar-refractivity contribution in [1.29, 1.82) is 0 Å². The number of hydrogen-bond donors (Lipinski definition) is 0. The fourth-order valence-electron chi connectivity index (χ4n) is 4.69. The Hall–Kier alpha value is -3.72. The van der Waals surface area contributed by atoms with Crippen molar-refractivity contribution >= 4 is 27.3 Å². The molecule has 0 aliphatic heterocycles. The lowest BCUT2D eigenvalue weighted by atomic mass is 9.99. The van der Waals surface area contributed by atoms with Crippen LogP contribution in [0.5, 0.6) is 0 Å². The molecule has 4 aromatic carbocycles. The molecule has 1 aromatic heterocycles. The van der Waals surface area contributed by atoms with Gasteiger partial charge >= 0.3 is 0 Å². The van der Waals surface area contributed by atoms with Crippen molar-refractivity contribution in [2.75, 3.05) is 0 Å². The summed E-state index contributed by atoms with van der Waals surface area (Å²) in [7, 11) is 0. The number of hydrogen-bond acceptors (Lipinski definition) is 2. The number of nitrogens with zero attached hydrogens (tertiary/aromatic N) is 2. The maximum Gasteiger partial charge on any atom is 0.213 e. The standard InChI is InChI=1S/C30H28N2O/c1-3-4-19-28-31-29(30(33)27-18-10-14-23-12-6-8-17-26(23)27)21(2)32(28)20-24-15-9-13-22-11-5-7-16-25(22)24/h5-18H,3-4,19-20H2,1-2H3. The van der Waals surface area contributed by atoms with E-state index in [2.05, 4.69) is 54.0 Å². The van der Waals surface area contributed by atoms with E-state index in [1.807, 2.05) is 49.4 Å². The lowest BCUT2D eigenvalue weighted by Gasteiger charge is -2.13. The summed E-state index contributed by atoms with van der Waals surface area (Å²) in [6, 6.07) is 28.9. The largest absolute Gasteiger partial charge is 0.327 e. The number of aromatic nitrogens is 2. The first-order valence-electron chi connectivity index (χ1n) is 11.7. The molecule has 0 amide bonds. The van der Waals surface area contributed by atoms with E-state index in [0.29, 0.717) is 17.8 Å². The van der Waals surface area contributed by atoms with E-state index in [9.17, 15) is 4.79 Å². The molecule has 0 radical (unpaired) electrons. The van der Waals surface area contributed by atoms with Crippen LogP contribution in [-0.2, 0) is 13.0 Å². The number of benzene rings is 4. The minimum absolute atomic E-state index is 0.00119. The molecule has 0 N–H and O–H groups in total. The van der Waals surface area contributed by atoms with E-state index >= 15 is 0 Å². The number of rotatable bonds is 7. The summed E-state index contributed by atoms with van der Waals surface area (Å²) in [5.41, 5.74) is 3.47. The Bertz CT molecular complexity index is 1450. The van der Waals surface area contributed by atoms with Gasteiger partial charge in [0.2, 0.25) is 5.78 Å². The molecule has 5 rings (SSSR count). The van der Waals surface area contributed by atoms with Gasteiger partial charge in [0.15, 0.2) is 0 Å². The third kappa shape index (κ3) is 3.95. The summed E-state index contributed by atoms with van der Waals surface area (Å²) >= 11 is 0. The van der Waals surface area contributed by atoms with Crippen molar-refractivity contribution in [2.24, 2.45) is 0 Å². The first-order chi connectivity index (χ1) is 16.2. The van der Waals surface area contributed by atoms with E-state index < -0.39 is 0 Å². The molecule has 0 unspecified atom stereocenters. The van der Waals surface area contributed by atoms with Gasteiger partial charge in [-0.15, -0.1) is 0 Å². The predicted octanol–water partition coefficient (Wildman–Crippen LogP) is 7.12. The van der Waals surface area contributed by atoms with Crippen LogP contribution in [-0.4, -0.2) is 15.3 Å². The molecule has 0 aliphatic rings. The number of carbonyl (C=O) groups is 1. The van der Waals surface area contributed by atoms with Gasteiger partial charge in [-0.05, 0) is 40.5 Å². The number of imidazole rings is 1. The molecular weight excluding hydrogens is 404 g/mol. The van der Waals surface area contributed by atoms with Crippen LogP contribution in [0.3, 0.4) is 0 Å². The summed E-state index contributed by atoms with van der Waals surface area (Å²) in [6.45, 7) is 4.93. The van der Waals surface area contributed by atoms with Crippen LogP contribution in [0, 0.1) is 6.92 Å². The van der Waals surface area contributed by atoms with Gasteiger partial charge in [-0.3, -0.25) is 4.79 Å². The van der Waals surface area contributed by atoms with Crippen molar-refractivity contribution in [1.82, 2.24) is 9.55 Å². The highest BCUT2D eigenvalue weighted by Crippen LogP contribution is 2.26. The fraction of sp³-hybridized carbons (Fsp3) is 0.200. The van der Waals surface area contributed by atoms with Gasteiger partial charge in [-0.1, -0.05) is 98.3 Å². The zero-order chi connectivity index (χ0) is 22.8. The van der Waals surface area contributed by atoms with Crippen molar-refractivity contribution in [2.45, 2.75) is 39.7 Å². The quantitative estimate of drug-likeness (QED) is 0.257. The van der Waals surface area contributed by atoms with E-state index in [1.165, 1.54) is 16.3 Å². The average molecular weight is 433 g/mol. The lowest BCUT2D eigenvalue weighted by Crippen LogP contribution is -2.09. The van der Waals surface area contributed by atoms with Crippen LogP contribution in [0.15, 0.2) is 84.9 Å². The molecule has 5 aromatic rings. The average Bonchev–Trinajstić information content (AvgIpc) is 3.17. The highest BCUT2D eigenvalue weighted by Gasteiger charge is 2.22. The molecule has 3 nitrogen and oxygen atoms in total. The Morgan fingerprint density at radius 3 is 2.21 bits per heavy atom. The first-order valence-corrected chi connectivity index (χ1v) is 11.7. The molecule has 0 bridgehead atoms. The second kappa shape index (κ2) is 9.03. The molecular formula is C30H28N2O. The van der Waals surface area contributed by atoms with Gasteiger partial charge in [0.05, 0.1) is 0 Å². The van der Waals surface area contributed by atoms with Gasteiger partial charge < -0.3 is 4.57 Å². The second-order valence-electron chi connectivity index (χ2n) is 8.65. The van der Waals surface area contributed by atoms with Crippen LogP contribution in [0.1, 0.15) is 52.9 Å². The van der Waals surface area contributed by atoms with Crippen LogP contribution in [0.2, 0.25) is 0 Å². The fourth-order valence-corrected chi connectivity index (χ4v) is 4.69. The predicted molar refractivity (Wildman–Crippen MR) is 136 cm³/mol. The molecule has 0 fully saturated rings. The second-order valence-corrected chi connectivity index (χ2v) is 8.65. The van der Waals surface area contributed by atoms with E-state index in [0.717, 1.165) is 41.6 Å². The Labute approximate surface area is 194 Å². The number of unbranched alkanes of at least 4 members (excludes halogenated alkanes) is 1. The summed E-state index contributed by atoms with van der Waals surface area (Å²) in [5.74, 6) is 0.990. The smallest absolute Gasteiger partial charge is 0.213 e. The SMILES string of the molecule is CCCCc1nc(C(=O)c2cccc3ccccc23)c(C)n1Cc1cccc2ccccc12. The minimum Gasteiger partial charge on any atom is -0.327 e. The Balaban J connectivity index is 1.60. The first kappa shape index (κ1) is 21.1. The molecule has 33 heavy (non-hydrogen) atoms. The summed E-state index contributed by atoms with van der Waals surface area (Å²) in [6.07, 6.45) is 3.01. The molecule has 0 spiro atoms. The number of aryl methyl sites for hydroxylation is 1. The highest BCUT2D eigenvalue weighted by molar-refractivity contribution is 6.16. The van der Waals surface area contributed by atoms with Crippen molar-refractivity contribution < 1.29 is 4.79 Å². The van der Waals surface area contributed by atoms with Crippen LogP contribution in [0.4, 0.5) is 0 Å². The number of ketones is 1. The molecule has 1 heterocycles. The normalized spacial score (nSPS) is 11.3. The van der Waals surface area contributed by atoms with Crippen LogP contribution < -0.4 is 0 Å². The zero-order valence-corrected chi connectivity index (χ0v) is 19.2.